The zero-order valence-corrected chi connectivity index (χ0v) is 23.8. The molecule has 182 valence electrons. The fraction of sp³-hybridized carbons (Fsp3) is 0.800. The highest BCUT2D eigenvalue weighted by atomic mass is 28.5. The highest BCUT2D eigenvalue weighted by Gasteiger charge is 2.39. The minimum atomic E-state index is -2.31. The van der Waals surface area contributed by atoms with E-state index in [4.69, 9.17) is 27.2 Å². The van der Waals surface area contributed by atoms with Crippen LogP contribution in [0.5, 0.6) is 0 Å². The first-order chi connectivity index (χ1) is 14.1. The lowest BCUT2D eigenvalue weighted by Crippen LogP contribution is -2.52. The van der Waals surface area contributed by atoms with Crippen LogP contribution in [0.25, 0.3) is 0 Å². The minimum Gasteiger partial charge on any atom is -0.460 e. The molecule has 0 heterocycles. The van der Waals surface area contributed by atoms with E-state index in [2.05, 4.69) is 52.4 Å². The van der Waals surface area contributed by atoms with Crippen LogP contribution < -0.4 is 0 Å². The molecule has 0 radical (unpaired) electrons. The van der Waals surface area contributed by atoms with Crippen LogP contribution in [0.4, 0.5) is 0 Å². The summed E-state index contributed by atoms with van der Waals surface area (Å²) >= 11 is 0. The Morgan fingerprint density at radius 2 is 1.48 bits per heavy atom. The number of carbonyl (C=O) groups is 2. The van der Waals surface area contributed by atoms with Gasteiger partial charge < -0.3 is 27.2 Å². The summed E-state index contributed by atoms with van der Waals surface area (Å²) in [6.45, 7) is 20.6. The molecule has 0 aromatic carbocycles. The fourth-order valence-electron chi connectivity index (χ4n) is 2.84. The van der Waals surface area contributed by atoms with Gasteiger partial charge in [0.25, 0.3) is 0 Å². The molecule has 0 amide bonds. The summed E-state index contributed by atoms with van der Waals surface area (Å²) in [5, 5.41) is 0. The molecule has 0 spiro atoms. The highest BCUT2D eigenvalue weighted by Crippen LogP contribution is 2.25. The zero-order valence-electron chi connectivity index (χ0n) is 20.8. The lowest BCUT2D eigenvalue weighted by molar-refractivity contribution is -0.161. The number of ether oxygens (including phenoxy) is 4. The maximum atomic E-state index is 11.8. The first-order valence-corrected chi connectivity index (χ1v) is 19.9. The van der Waals surface area contributed by atoms with Gasteiger partial charge in [0, 0.05) is 19.3 Å². The summed E-state index contributed by atoms with van der Waals surface area (Å²) in [5.74, 6) is -1.09. The molecule has 0 aliphatic heterocycles. The molecular weight excluding hydrogens is 452 g/mol. The van der Waals surface area contributed by atoms with Gasteiger partial charge in [-0.1, -0.05) is 6.58 Å². The number of carbonyl (C=O) groups excluding carboxylic acids is 2. The normalized spacial score (nSPS) is 13.6. The Balaban J connectivity index is 4.73. The van der Waals surface area contributed by atoms with Gasteiger partial charge in [-0.25, -0.2) is 9.59 Å². The van der Waals surface area contributed by atoms with Crippen molar-refractivity contribution in [2.24, 2.45) is 0 Å². The van der Waals surface area contributed by atoms with E-state index in [1.807, 2.05) is 0 Å². The highest BCUT2D eigenvalue weighted by molar-refractivity contribution is 6.87. The quantitative estimate of drug-likeness (QED) is 0.138. The third-order valence-electron chi connectivity index (χ3n) is 3.58. The predicted octanol–water partition coefficient (Wildman–Crippen LogP) is 3.85. The standard InChI is InChI=1S/C20H42O8Si3/c1-17(2)20(22)26-18(15-25-19(21)16-23-3)14-24-12-11-13-31(10,27-29(4,5)6)28-30(7,8)9/h18H,1,11-16H2,2-10H3. The Morgan fingerprint density at radius 1 is 0.935 bits per heavy atom. The van der Waals surface area contributed by atoms with Crippen molar-refractivity contribution < 1.29 is 36.8 Å². The van der Waals surface area contributed by atoms with Crippen LogP contribution >= 0.6 is 0 Å². The van der Waals surface area contributed by atoms with Crippen molar-refractivity contribution in [3.63, 3.8) is 0 Å². The Bertz CT molecular complexity index is 568. The van der Waals surface area contributed by atoms with E-state index in [0.29, 0.717) is 6.61 Å². The number of hydrogen-bond acceptors (Lipinski definition) is 8. The van der Waals surface area contributed by atoms with Crippen LogP contribution in [0, 0.1) is 0 Å². The van der Waals surface area contributed by atoms with E-state index < -0.39 is 43.2 Å². The van der Waals surface area contributed by atoms with Crippen molar-refractivity contribution in [3.05, 3.63) is 12.2 Å². The maximum Gasteiger partial charge on any atom is 0.333 e. The molecule has 0 rings (SSSR count). The maximum absolute atomic E-state index is 11.8. The molecule has 0 aliphatic carbocycles. The molecule has 31 heavy (non-hydrogen) atoms. The van der Waals surface area contributed by atoms with Gasteiger partial charge in [0.2, 0.25) is 0 Å². The van der Waals surface area contributed by atoms with E-state index in [1.54, 1.807) is 6.92 Å². The zero-order chi connectivity index (χ0) is 24.3. The van der Waals surface area contributed by atoms with Gasteiger partial charge in [-0.05, 0) is 65.2 Å². The van der Waals surface area contributed by atoms with Crippen LogP contribution in [0.2, 0.25) is 51.9 Å². The molecule has 11 heteroatoms. The minimum absolute atomic E-state index is 0.106. The van der Waals surface area contributed by atoms with Crippen molar-refractivity contribution in [3.8, 4) is 0 Å². The van der Waals surface area contributed by atoms with Crippen molar-refractivity contribution in [2.45, 2.75) is 71.3 Å². The van der Waals surface area contributed by atoms with E-state index in [9.17, 15) is 9.59 Å². The molecule has 1 atom stereocenters. The summed E-state index contributed by atoms with van der Waals surface area (Å²) < 4.78 is 33.8. The van der Waals surface area contributed by atoms with Crippen LogP contribution in [-0.2, 0) is 36.8 Å². The van der Waals surface area contributed by atoms with Gasteiger partial charge >= 0.3 is 20.5 Å². The average Bonchev–Trinajstić information content (AvgIpc) is 2.55. The molecule has 0 aliphatic rings. The second-order valence-corrected chi connectivity index (χ2v) is 22.5. The van der Waals surface area contributed by atoms with E-state index in [1.165, 1.54) is 7.11 Å². The number of hydrogen-bond donors (Lipinski definition) is 0. The molecular formula is C20H42O8Si3. The van der Waals surface area contributed by atoms with E-state index in [-0.39, 0.29) is 25.4 Å². The molecule has 0 saturated carbocycles. The Kier molecular flexibility index (Phi) is 13.3. The summed E-state index contributed by atoms with van der Waals surface area (Å²) in [5.41, 5.74) is 0.266. The van der Waals surface area contributed by atoms with Crippen molar-refractivity contribution >= 4 is 37.1 Å². The first-order valence-electron chi connectivity index (χ1n) is 10.6. The van der Waals surface area contributed by atoms with Gasteiger partial charge in [0.05, 0.1) is 6.61 Å². The van der Waals surface area contributed by atoms with Crippen LogP contribution in [0.1, 0.15) is 13.3 Å². The molecule has 0 N–H and O–H groups in total. The molecule has 0 saturated heterocycles. The van der Waals surface area contributed by atoms with Gasteiger partial charge in [-0.15, -0.1) is 0 Å². The topological polar surface area (TPSA) is 89.5 Å². The number of esters is 2. The van der Waals surface area contributed by atoms with Gasteiger partial charge in [0.1, 0.15) is 13.2 Å². The SMILES string of the molecule is C=C(C)C(=O)OC(COCCC[Si](C)(O[Si](C)(C)C)O[Si](C)(C)C)COC(=O)COC. The van der Waals surface area contributed by atoms with E-state index >= 15 is 0 Å². The number of methoxy groups -OCH3 is 1. The molecule has 1 unspecified atom stereocenters. The number of rotatable bonds is 16. The second kappa shape index (κ2) is 13.7. The monoisotopic (exact) mass is 494 g/mol. The summed E-state index contributed by atoms with van der Waals surface area (Å²) in [6.07, 6.45) is 0.0487. The van der Waals surface area contributed by atoms with Crippen molar-refractivity contribution in [2.75, 3.05) is 33.5 Å². The Morgan fingerprint density at radius 3 is 1.94 bits per heavy atom. The lowest BCUT2D eigenvalue weighted by atomic mass is 10.3. The van der Waals surface area contributed by atoms with Crippen molar-refractivity contribution in [1.82, 2.24) is 0 Å². The largest absolute Gasteiger partial charge is 0.460 e. The first kappa shape index (κ1) is 30.2. The van der Waals surface area contributed by atoms with Crippen LogP contribution in [-0.4, -0.2) is 76.8 Å². The fourth-order valence-corrected chi connectivity index (χ4v) is 15.3. The average molecular weight is 495 g/mol. The van der Waals surface area contributed by atoms with Gasteiger partial charge in [-0.2, -0.15) is 0 Å². The third kappa shape index (κ3) is 16.5. The summed E-state index contributed by atoms with van der Waals surface area (Å²) in [7, 11) is -4.40. The van der Waals surface area contributed by atoms with Crippen LogP contribution in [0.3, 0.4) is 0 Å². The van der Waals surface area contributed by atoms with Crippen molar-refractivity contribution in [1.29, 1.82) is 0 Å². The lowest BCUT2D eigenvalue weighted by Gasteiger charge is -2.38. The Labute approximate surface area is 191 Å². The van der Waals surface area contributed by atoms with Crippen LogP contribution in [0.15, 0.2) is 12.2 Å². The predicted molar refractivity (Wildman–Crippen MR) is 128 cm³/mol. The summed E-state index contributed by atoms with van der Waals surface area (Å²) in [6, 6.07) is 0.820. The molecule has 0 aromatic heterocycles. The molecule has 0 bridgehead atoms. The second-order valence-electron chi connectivity index (χ2n) is 9.66. The summed E-state index contributed by atoms with van der Waals surface area (Å²) in [4.78, 5) is 23.4. The molecule has 0 aromatic rings. The smallest absolute Gasteiger partial charge is 0.333 e. The molecule has 0 fully saturated rings. The van der Waals surface area contributed by atoms with E-state index in [0.717, 1.165) is 12.5 Å². The Hall–Kier alpha value is -0.829. The third-order valence-corrected chi connectivity index (χ3v) is 13.2. The van der Waals surface area contributed by atoms with Gasteiger partial charge in [-0.3, -0.25) is 0 Å². The molecule has 8 nitrogen and oxygen atoms in total. The van der Waals surface area contributed by atoms with Gasteiger partial charge in [0.15, 0.2) is 22.7 Å².